The summed E-state index contributed by atoms with van der Waals surface area (Å²) in [6.45, 7) is 7.48. The number of rotatable bonds is 20. The number of carbonyl (C=O) groups is 2. The zero-order valence-electron chi connectivity index (χ0n) is 23.5. The van der Waals surface area contributed by atoms with Crippen molar-refractivity contribution in [2.45, 2.75) is 150 Å². The summed E-state index contributed by atoms with van der Waals surface area (Å²) in [5.41, 5.74) is 0. The van der Waals surface area contributed by atoms with Crippen LogP contribution >= 0.6 is 0 Å². The van der Waals surface area contributed by atoms with Crippen molar-refractivity contribution >= 4 is 11.8 Å². The smallest absolute Gasteiger partial charge is 0.854 e. The minimum Gasteiger partial charge on any atom is -0.854 e. The standard InChI is InChI=1S/C18H37O.C4H6O3.2C3H7O.Zr/c1-2-3-4-5-6-7-8-9-10-11-12-13-14-15-16-17-18-19;1-3(5)2-4(6)7;2*1-2-3-4;/h2-18H2,1H3;2H2,1H3,(H,6,7);2*2-3H2,1H3;/q-1;;2*-1;+4/p-1. The number of ketones is 1. The van der Waals surface area contributed by atoms with Crippen LogP contribution < -0.4 is 20.4 Å². The fraction of sp³-hybridized carbons (Fsp3) is 0.929. The van der Waals surface area contributed by atoms with Gasteiger partial charge in [0.05, 0.1) is 0 Å². The maximum absolute atomic E-state index is 10.3. The number of Topliss-reactive ketones (excluding diaryl/α,β-unsaturated/α-hetero) is 1. The van der Waals surface area contributed by atoms with Gasteiger partial charge in [-0.1, -0.05) is 136 Å². The topological polar surface area (TPSA) is 126 Å². The van der Waals surface area contributed by atoms with Gasteiger partial charge in [0.1, 0.15) is 5.78 Å². The van der Waals surface area contributed by atoms with Gasteiger partial charge in [0, 0.05) is 12.4 Å². The summed E-state index contributed by atoms with van der Waals surface area (Å²) >= 11 is 0. The van der Waals surface area contributed by atoms with Crippen LogP contribution in [0.15, 0.2) is 0 Å². The van der Waals surface area contributed by atoms with E-state index >= 15 is 0 Å². The summed E-state index contributed by atoms with van der Waals surface area (Å²) in [6.07, 6.45) is 22.9. The number of aliphatic carboxylic acids is 1. The van der Waals surface area contributed by atoms with Crippen molar-refractivity contribution in [3.63, 3.8) is 0 Å². The first-order valence-corrected chi connectivity index (χ1v) is 13.8. The van der Waals surface area contributed by atoms with Gasteiger partial charge in [-0.25, -0.2) is 0 Å². The van der Waals surface area contributed by atoms with Crippen LogP contribution in [-0.2, 0) is 35.8 Å². The van der Waals surface area contributed by atoms with Gasteiger partial charge in [-0.15, -0.1) is 19.8 Å². The molecule has 0 aromatic rings. The summed E-state index contributed by atoms with van der Waals surface area (Å²) in [5, 5.41) is 38.3. The molecular weight excluding hydrogens is 524 g/mol. The summed E-state index contributed by atoms with van der Waals surface area (Å²) in [5.74, 6) is -1.69. The zero-order chi connectivity index (χ0) is 26.7. The summed E-state index contributed by atoms with van der Waals surface area (Å²) in [4.78, 5) is 19.3. The average molecular weight is 580 g/mol. The molecule has 0 amide bonds. The minimum atomic E-state index is -1.31. The molecule has 7 heteroatoms. The van der Waals surface area contributed by atoms with Gasteiger partial charge in [-0.05, 0) is 6.92 Å². The molecule has 0 spiro atoms. The summed E-state index contributed by atoms with van der Waals surface area (Å²) < 4.78 is 0. The Balaban J connectivity index is -0.000000153. The number of carbonyl (C=O) groups excluding carboxylic acids is 2. The monoisotopic (exact) mass is 578 g/mol. The summed E-state index contributed by atoms with van der Waals surface area (Å²) in [7, 11) is 0. The van der Waals surface area contributed by atoms with Gasteiger partial charge >= 0.3 is 26.2 Å². The third kappa shape index (κ3) is 71.9. The van der Waals surface area contributed by atoms with E-state index < -0.39 is 12.4 Å². The quantitative estimate of drug-likeness (QED) is 0.159. The van der Waals surface area contributed by atoms with Gasteiger partial charge in [-0.2, -0.15) is 0 Å². The van der Waals surface area contributed by atoms with Crippen LogP contribution in [-0.4, -0.2) is 31.6 Å². The Morgan fingerprint density at radius 3 is 0.886 bits per heavy atom. The number of unbranched alkanes of at least 4 members (excludes halogenated alkanes) is 15. The molecule has 0 aliphatic heterocycles. The average Bonchev–Trinajstić information content (AvgIpc) is 2.81. The van der Waals surface area contributed by atoms with E-state index in [4.69, 9.17) is 0 Å². The van der Waals surface area contributed by atoms with Crippen molar-refractivity contribution in [2.24, 2.45) is 0 Å². The molecule has 0 aliphatic carbocycles. The van der Waals surface area contributed by atoms with E-state index in [1.54, 1.807) is 0 Å². The summed E-state index contributed by atoms with van der Waals surface area (Å²) in [6, 6.07) is 0. The van der Waals surface area contributed by atoms with Gasteiger partial charge < -0.3 is 25.2 Å². The van der Waals surface area contributed by atoms with E-state index in [9.17, 15) is 30.0 Å². The van der Waals surface area contributed by atoms with E-state index in [0.717, 1.165) is 25.7 Å². The Kier molecular flexibility index (Phi) is 60.4. The SMILES string of the molecule is CC(=O)CC(=O)[O-].CCCCCCCCCCCCCCCCCC[O-].CCC[O-].CCC[O-].[Zr+4]. The van der Waals surface area contributed by atoms with Gasteiger partial charge in [-0.3, -0.25) is 4.79 Å². The molecule has 35 heavy (non-hydrogen) atoms. The Labute approximate surface area is 236 Å². The van der Waals surface area contributed by atoms with Gasteiger partial charge in [0.25, 0.3) is 0 Å². The molecule has 0 aliphatic rings. The van der Waals surface area contributed by atoms with Crippen LogP contribution in [0.25, 0.3) is 0 Å². The number of hydrogen-bond donors (Lipinski definition) is 0. The predicted octanol–water partition coefficient (Wildman–Crippen LogP) is 3.83. The van der Waals surface area contributed by atoms with E-state index in [2.05, 4.69) is 6.92 Å². The Morgan fingerprint density at radius 2 is 0.743 bits per heavy atom. The normalized spacial score (nSPS) is 9.34. The fourth-order valence-corrected chi connectivity index (χ4v) is 2.85. The van der Waals surface area contributed by atoms with Crippen molar-refractivity contribution in [1.29, 1.82) is 0 Å². The van der Waals surface area contributed by atoms with E-state index in [0.29, 0.717) is 0 Å². The van der Waals surface area contributed by atoms with Crippen molar-refractivity contribution in [3.8, 4) is 0 Å². The molecule has 0 saturated carbocycles. The van der Waals surface area contributed by atoms with Crippen LogP contribution in [0, 0.1) is 0 Å². The van der Waals surface area contributed by atoms with E-state index in [1.165, 1.54) is 96.8 Å². The van der Waals surface area contributed by atoms with Crippen LogP contribution in [0.5, 0.6) is 0 Å². The van der Waals surface area contributed by atoms with Crippen LogP contribution in [0.4, 0.5) is 0 Å². The molecule has 0 radical (unpaired) electrons. The molecule has 0 aromatic heterocycles. The van der Waals surface area contributed by atoms with E-state index in [-0.39, 0.29) is 51.8 Å². The Morgan fingerprint density at radius 1 is 0.486 bits per heavy atom. The number of hydrogen-bond acceptors (Lipinski definition) is 6. The van der Waals surface area contributed by atoms with Gasteiger partial charge in [0.15, 0.2) is 0 Å². The maximum Gasteiger partial charge on any atom is 4.00 e. The molecule has 0 N–H and O–H groups in total. The molecule has 0 aromatic carbocycles. The maximum atomic E-state index is 10.3. The van der Waals surface area contributed by atoms with Crippen molar-refractivity contribution in [3.05, 3.63) is 0 Å². The second-order valence-electron chi connectivity index (χ2n) is 8.67. The third-order valence-corrected chi connectivity index (χ3v) is 4.80. The molecule has 0 fully saturated rings. The first-order chi connectivity index (χ1) is 16.4. The first-order valence-electron chi connectivity index (χ1n) is 13.8. The molecule has 0 saturated heterocycles. The second-order valence-corrected chi connectivity index (χ2v) is 8.67. The molecular formula is C28H56O6Zr. The zero-order valence-corrected chi connectivity index (χ0v) is 26.0. The fourth-order valence-electron chi connectivity index (χ4n) is 2.85. The van der Waals surface area contributed by atoms with Crippen LogP contribution in [0.2, 0.25) is 0 Å². The molecule has 208 valence electrons. The largest absolute Gasteiger partial charge is 4.00 e. The molecule has 0 bridgehead atoms. The van der Waals surface area contributed by atoms with Crippen molar-refractivity contribution in [1.82, 2.24) is 0 Å². The van der Waals surface area contributed by atoms with E-state index in [1.807, 2.05) is 13.8 Å². The third-order valence-electron chi connectivity index (χ3n) is 4.80. The molecule has 0 atom stereocenters. The minimum absolute atomic E-state index is 0. The molecule has 0 unspecified atom stereocenters. The van der Waals surface area contributed by atoms with Gasteiger partial charge in [0.2, 0.25) is 0 Å². The Bertz CT molecular complexity index is 331. The molecule has 0 rings (SSSR count). The second kappa shape index (κ2) is 47.1. The van der Waals surface area contributed by atoms with Crippen LogP contribution in [0.1, 0.15) is 150 Å². The molecule has 0 heterocycles. The Hall–Kier alpha value is -0.0969. The first kappa shape index (κ1) is 44.9. The van der Waals surface area contributed by atoms with Crippen molar-refractivity contribution in [2.75, 3.05) is 19.8 Å². The predicted molar refractivity (Wildman–Crippen MR) is 135 cm³/mol. The number of carboxylic acid groups (broad SMARTS) is 1. The molecule has 6 nitrogen and oxygen atoms in total. The number of carboxylic acids is 1. The van der Waals surface area contributed by atoms with Crippen molar-refractivity contribution < 1.29 is 56.2 Å². The van der Waals surface area contributed by atoms with Crippen LogP contribution in [0.3, 0.4) is 0 Å².